The molecule has 146 valence electrons. The van der Waals surface area contributed by atoms with Crippen molar-refractivity contribution in [2.24, 2.45) is 7.05 Å². The van der Waals surface area contributed by atoms with Crippen LogP contribution in [0.1, 0.15) is 28.0 Å². The van der Waals surface area contributed by atoms with E-state index in [-0.39, 0.29) is 11.5 Å². The quantitative estimate of drug-likeness (QED) is 0.700. The number of hydrogen-bond donors (Lipinski definition) is 0. The number of hydrogen-bond acceptors (Lipinski definition) is 4. The Kier molecular flexibility index (Phi) is 5.09. The van der Waals surface area contributed by atoms with Gasteiger partial charge in [-0.2, -0.15) is 5.10 Å². The molecule has 0 aliphatic carbocycles. The van der Waals surface area contributed by atoms with E-state index in [4.69, 9.17) is 0 Å². The number of nitrogens with zero attached hydrogens (tertiary/aromatic N) is 5. The molecule has 28 heavy (non-hydrogen) atoms. The van der Waals surface area contributed by atoms with Gasteiger partial charge in [0.1, 0.15) is 5.82 Å². The molecule has 1 fully saturated rings. The summed E-state index contributed by atoms with van der Waals surface area (Å²) in [6, 6.07) is 8.34. The molecule has 7 heteroatoms. The molecule has 6 nitrogen and oxygen atoms in total. The molecule has 0 unspecified atom stereocenters. The summed E-state index contributed by atoms with van der Waals surface area (Å²) < 4.78 is 15.7. The monoisotopic (exact) mass is 381 g/mol. The molecular formula is C21H24FN5O. The average molecular weight is 381 g/mol. The molecular weight excluding hydrogens is 357 g/mol. The minimum Gasteiger partial charge on any atom is -0.337 e. The van der Waals surface area contributed by atoms with Crippen LogP contribution < -0.4 is 0 Å². The van der Waals surface area contributed by atoms with Crippen molar-refractivity contribution in [1.82, 2.24) is 24.6 Å². The molecule has 1 amide bonds. The molecule has 0 spiro atoms. The SMILES string of the molecule is Cc1nn(C)c2ncc(CN3CCCN(C(=O)c4ccccc4F)CC3)cc12. The van der Waals surface area contributed by atoms with Crippen LogP contribution in [0.15, 0.2) is 36.5 Å². The fraction of sp³-hybridized carbons (Fsp3) is 0.381. The van der Waals surface area contributed by atoms with E-state index in [1.165, 1.54) is 6.07 Å². The van der Waals surface area contributed by atoms with Gasteiger partial charge in [-0.25, -0.2) is 9.37 Å². The topological polar surface area (TPSA) is 54.3 Å². The molecule has 4 rings (SSSR count). The van der Waals surface area contributed by atoms with Gasteiger partial charge in [-0.1, -0.05) is 12.1 Å². The van der Waals surface area contributed by atoms with E-state index in [9.17, 15) is 9.18 Å². The number of amides is 1. The molecule has 3 aromatic rings. The van der Waals surface area contributed by atoms with Crippen LogP contribution in [0.4, 0.5) is 4.39 Å². The van der Waals surface area contributed by atoms with Gasteiger partial charge in [0.25, 0.3) is 5.91 Å². The lowest BCUT2D eigenvalue weighted by atomic mass is 10.2. The lowest BCUT2D eigenvalue weighted by Gasteiger charge is -2.22. The van der Waals surface area contributed by atoms with Crippen molar-refractivity contribution < 1.29 is 9.18 Å². The van der Waals surface area contributed by atoms with E-state index in [0.717, 1.165) is 48.3 Å². The minimum absolute atomic E-state index is 0.151. The highest BCUT2D eigenvalue weighted by Gasteiger charge is 2.22. The summed E-state index contributed by atoms with van der Waals surface area (Å²) in [7, 11) is 1.90. The maximum atomic E-state index is 14.0. The number of benzene rings is 1. The zero-order valence-corrected chi connectivity index (χ0v) is 16.2. The summed E-state index contributed by atoms with van der Waals surface area (Å²) in [6.45, 7) is 5.65. The zero-order valence-electron chi connectivity index (χ0n) is 16.2. The molecule has 1 saturated heterocycles. The van der Waals surface area contributed by atoms with Crippen molar-refractivity contribution in [3.63, 3.8) is 0 Å². The van der Waals surface area contributed by atoms with E-state index in [1.54, 1.807) is 27.8 Å². The molecule has 0 saturated carbocycles. The van der Waals surface area contributed by atoms with Gasteiger partial charge in [0.2, 0.25) is 0 Å². The number of carbonyl (C=O) groups excluding carboxylic acids is 1. The molecule has 1 aromatic carbocycles. The highest BCUT2D eigenvalue weighted by molar-refractivity contribution is 5.94. The number of aromatic nitrogens is 3. The Hall–Kier alpha value is -2.80. The predicted molar refractivity (Wildman–Crippen MR) is 105 cm³/mol. The molecule has 0 bridgehead atoms. The van der Waals surface area contributed by atoms with E-state index in [2.05, 4.69) is 21.0 Å². The van der Waals surface area contributed by atoms with Crippen LogP contribution in [0.3, 0.4) is 0 Å². The Morgan fingerprint density at radius 3 is 2.82 bits per heavy atom. The van der Waals surface area contributed by atoms with E-state index >= 15 is 0 Å². The molecule has 0 N–H and O–H groups in total. The fourth-order valence-corrected chi connectivity index (χ4v) is 3.83. The van der Waals surface area contributed by atoms with Gasteiger partial charge in [0, 0.05) is 51.4 Å². The lowest BCUT2D eigenvalue weighted by molar-refractivity contribution is 0.0756. The smallest absolute Gasteiger partial charge is 0.256 e. The third kappa shape index (κ3) is 3.62. The van der Waals surface area contributed by atoms with Crippen molar-refractivity contribution in [3.8, 4) is 0 Å². The third-order valence-corrected chi connectivity index (χ3v) is 5.31. The Bertz CT molecular complexity index is 1020. The fourth-order valence-electron chi connectivity index (χ4n) is 3.83. The summed E-state index contributed by atoms with van der Waals surface area (Å²) in [6.07, 6.45) is 2.76. The molecule has 0 atom stereocenters. The van der Waals surface area contributed by atoms with Gasteiger partial charge < -0.3 is 4.90 Å². The second kappa shape index (κ2) is 7.67. The lowest BCUT2D eigenvalue weighted by Crippen LogP contribution is -2.35. The van der Waals surface area contributed by atoms with Crippen molar-refractivity contribution in [3.05, 3.63) is 59.2 Å². The number of rotatable bonds is 3. The Morgan fingerprint density at radius 2 is 2.00 bits per heavy atom. The standard InChI is InChI=1S/C21H24FN5O/c1-15-18-12-16(13-23-20(18)25(2)24-15)14-26-8-5-9-27(11-10-26)21(28)17-6-3-4-7-19(17)22/h3-4,6-7,12-13H,5,8-11,14H2,1-2H3. The summed E-state index contributed by atoms with van der Waals surface area (Å²) in [5, 5.41) is 5.50. The summed E-state index contributed by atoms with van der Waals surface area (Å²) in [5.41, 5.74) is 3.15. The largest absolute Gasteiger partial charge is 0.337 e. The van der Waals surface area contributed by atoms with Crippen molar-refractivity contribution in [2.75, 3.05) is 26.2 Å². The minimum atomic E-state index is -0.458. The highest BCUT2D eigenvalue weighted by Crippen LogP contribution is 2.19. The van der Waals surface area contributed by atoms with Crippen LogP contribution in [-0.2, 0) is 13.6 Å². The van der Waals surface area contributed by atoms with E-state index < -0.39 is 5.82 Å². The van der Waals surface area contributed by atoms with Gasteiger partial charge in [0.05, 0.1) is 11.3 Å². The van der Waals surface area contributed by atoms with Gasteiger partial charge in [-0.05, 0) is 37.1 Å². The van der Waals surface area contributed by atoms with Gasteiger partial charge in [-0.15, -0.1) is 0 Å². The third-order valence-electron chi connectivity index (χ3n) is 5.31. The zero-order chi connectivity index (χ0) is 19.7. The van der Waals surface area contributed by atoms with Crippen molar-refractivity contribution in [1.29, 1.82) is 0 Å². The first-order chi connectivity index (χ1) is 13.5. The summed E-state index contributed by atoms with van der Waals surface area (Å²) in [4.78, 5) is 21.3. The Balaban J connectivity index is 1.44. The number of carbonyl (C=O) groups is 1. The molecule has 3 heterocycles. The second-order valence-corrected chi connectivity index (χ2v) is 7.33. The first kappa shape index (κ1) is 18.6. The van der Waals surface area contributed by atoms with Crippen LogP contribution in [0.2, 0.25) is 0 Å². The maximum absolute atomic E-state index is 14.0. The molecule has 1 aliphatic heterocycles. The van der Waals surface area contributed by atoms with Gasteiger partial charge in [-0.3, -0.25) is 14.4 Å². The van der Waals surface area contributed by atoms with E-state index in [0.29, 0.717) is 13.1 Å². The van der Waals surface area contributed by atoms with Crippen molar-refractivity contribution >= 4 is 16.9 Å². The van der Waals surface area contributed by atoms with Crippen LogP contribution in [0, 0.1) is 12.7 Å². The number of halogens is 1. The number of aryl methyl sites for hydroxylation is 2. The summed E-state index contributed by atoms with van der Waals surface area (Å²) in [5.74, 6) is -0.686. The molecule has 2 aromatic heterocycles. The number of fused-ring (bicyclic) bond motifs is 1. The Morgan fingerprint density at radius 1 is 1.18 bits per heavy atom. The Labute approximate surface area is 163 Å². The first-order valence-electron chi connectivity index (χ1n) is 9.57. The van der Waals surface area contributed by atoms with Crippen molar-refractivity contribution in [2.45, 2.75) is 19.9 Å². The normalized spacial score (nSPS) is 15.8. The van der Waals surface area contributed by atoms with Gasteiger partial charge in [0.15, 0.2) is 5.65 Å². The van der Waals surface area contributed by atoms with Crippen LogP contribution in [-0.4, -0.2) is 56.7 Å². The molecule has 1 aliphatic rings. The van der Waals surface area contributed by atoms with Gasteiger partial charge >= 0.3 is 0 Å². The summed E-state index contributed by atoms with van der Waals surface area (Å²) >= 11 is 0. The van der Waals surface area contributed by atoms with E-state index in [1.807, 2.05) is 20.2 Å². The van der Waals surface area contributed by atoms with Crippen LogP contribution in [0.25, 0.3) is 11.0 Å². The highest BCUT2D eigenvalue weighted by atomic mass is 19.1. The molecule has 0 radical (unpaired) electrons. The van der Waals surface area contributed by atoms with Crippen LogP contribution >= 0.6 is 0 Å². The number of pyridine rings is 1. The first-order valence-corrected chi connectivity index (χ1v) is 9.57. The second-order valence-electron chi connectivity index (χ2n) is 7.33. The maximum Gasteiger partial charge on any atom is 0.256 e. The predicted octanol–water partition coefficient (Wildman–Crippen LogP) is 2.76. The van der Waals surface area contributed by atoms with Crippen LogP contribution in [0.5, 0.6) is 0 Å². The average Bonchev–Trinajstić information content (AvgIpc) is 2.85.